The van der Waals surface area contributed by atoms with Gasteiger partial charge in [0.2, 0.25) is 0 Å². The molecule has 0 aliphatic carbocycles. The predicted octanol–water partition coefficient (Wildman–Crippen LogP) is -3.30. The van der Waals surface area contributed by atoms with Gasteiger partial charge >= 0.3 is 51.4 Å². The molecule has 0 spiro atoms. The van der Waals surface area contributed by atoms with E-state index in [1.807, 2.05) is 0 Å². The van der Waals surface area contributed by atoms with E-state index in [1.54, 1.807) is 7.05 Å². The van der Waals surface area contributed by atoms with Gasteiger partial charge in [-0.25, -0.2) is 0 Å². The Kier molecular flexibility index (Phi) is 10.6. The van der Waals surface area contributed by atoms with Crippen LogP contribution in [0.1, 0.15) is 0 Å². The minimum absolute atomic E-state index is 0. The smallest absolute Gasteiger partial charge is 0.411 e. The Labute approximate surface area is 102 Å². The van der Waals surface area contributed by atoms with Gasteiger partial charge < -0.3 is 34.9 Å². The second kappa shape index (κ2) is 6.82. The first kappa shape index (κ1) is 12.4. The summed E-state index contributed by atoms with van der Waals surface area (Å²) in [5, 5.41) is 8.28. The molecule has 42 valence electrons. The molecule has 0 aliphatic heterocycles. The van der Waals surface area contributed by atoms with Gasteiger partial charge in [-0.05, 0) is 0 Å². The molecule has 0 aromatic rings. The van der Waals surface area contributed by atoms with Gasteiger partial charge in [0.05, 0.1) is 0 Å². The summed E-state index contributed by atoms with van der Waals surface area (Å²) in [7, 11) is 1.63. The summed E-state index contributed by atoms with van der Waals surface area (Å²) >= 11 is 9.00. The monoisotopic (exact) mass is 175 g/mol. The number of hydrogen-bond donors (Lipinski definition) is 1. The minimum atomic E-state index is -0.0949. The summed E-state index contributed by atoms with van der Waals surface area (Å²) in [6.07, 6.45) is 0. The molecule has 0 rings (SSSR count). The van der Waals surface area contributed by atoms with E-state index < -0.39 is 0 Å². The first-order valence-corrected chi connectivity index (χ1v) is 2.53. The number of nitrogens with zero attached hydrogens (tertiary/aromatic N) is 1. The van der Waals surface area contributed by atoms with E-state index in [1.165, 1.54) is 4.90 Å². The molecule has 0 radical (unpaired) electrons. The SMILES string of the molecule is CN(CO)C(=S)[S-].[K+]. The molecule has 0 amide bonds. The van der Waals surface area contributed by atoms with Gasteiger partial charge in [-0.2, -0.15) is 0 Å². The van der Waals surface area contributed by atoms with Gasteiger partial charge in [-0.1, -0.05) is 4.32 Å². The van der Waals surface area contributed by atoms with E-state index in [2.05, 4.69) is 24.8 Å². The zero-order valence-corrected chi connectivity index (χ0v) is 9.67. The third-order valence-electron chi connectivity index (χ3n) is 0.524. The van der Waals surface area contributed by atoms with Crippen LogP contribution in [0.5, 0.6) is 0 Å². The van der Waals surface area contributed by atoms with Gasteiger partial charge in [-0.15, -0.1) is 0 Å². The van der Waals surface area contributed by atoms with Crippen molar-refractivity contribution >= 4 is 29.2 Å². The van der Waals surface area contributed by atoms with E-state index in [0.717, 1.165) is 0 Å². The topological polar surface area (TPSA) is 23.5 Å². The first-order chi connectivity index (χ1) is 3.18. The minimum Gasteiger partial charge on any atom is -0.411 e. The molecule has 0 aliphatic rings. The Morgan fingerprint density at radius 2 is 2.25 bits per heavy atom. The molecule has 0 aromatic heterocycles. The van der Waals surface area contributed by atoms with Gasteiger partial charge in [0.15, 0.2) is 0 Å². The fourth-order valence-corrected chi connectivity index (χ4v) is 0.173. The van der Waals surface area contributed by atoms with Crippen molar-refractivity contribution in [1.29, 1.82) is 0 Å². The average molecular weight is 175 g/mol. The second-order valence-electron chi connectivity index (χ2n) is 1.11. The molecule has 0 saturated heterocycles. The van der Waals surface area contributed by atoms with Crippen molar-refractivity contribution in [1.82, 2.24) is 4.90 Å². The Morgan fingerprint density at radius 1 is 1.88 bits per heavy atom. The average Bonchev–Trinajstić information content (AvgIpc) is 1.65. The first-order valence-electron chi connectivity index (χ1n) is 1.71. The normalized spacial score (nSPS) is 7.25. The van der Waals surface area contributed by atoms with E-state index in [9.17, 15) is 0 Å². The summed E-state index contributed by atoms with van der Waals surface area (Å²) in [4.78, 5) is 1.39. The second-order valence-corrected chi connectivity index (χ2v) is 2.14. The maximum absolute atomic E-state index is 8.28. The van der Waals surface area contributed by atoms with Gasteiger partial charge in [0, 0.05) is 7.05 Å². The summed E-state index contributed by atoms with van der Waals surface area (Å²) in [6.45, 7) is -0.0949. The van der Waals surface area contributed by atoms with E-state index in [-0.39, 0.29) is 58.1 Å². The van der Waals surface area contributed by atoms with Crippen LogP contribution in [-0.4, -0.2) is 28.1 Å². The number of aliphatic hydroxyl groups is 1. The van der Waals surface area contributed by atoms with Crippen LogP contribution in [0.4, 0.5) is 0 Å². The van der Waals surface area contributed by atoms with Gasteiger partial charge in [0.25, 0.3) is 0 Å². The molecular formula is C3H6KNOS2. The number of hydrogen-bond acceptors (Lipinski definition) is 3. The molecule has 8 heavy (non-hydrogen) atoms. The van der Waals surface area contributed by atoms with Crippen LogP contribution in [0.3, 0.4) is 0 Å². The van der Waals surface area contributed by atoms with Gasteiger partial charge in [-0.3, -0.25) is 0 Å². The van der Waals surface area contributed by atoms with Crippen LogP contribution >= 0.6 is 12.2 Å². The number of aliphatic hydroxyl groups excluding tert-OH is 1. The molecule has 0 fully saturated rings. The fourth-order valence-electron chi connectivity index (χ4n) is 0.0577. The summed E-state index contributed by atoms with van der Waals surface area (Å²) in [5.41, 5.74) is 0. The summed E-state index contributed by atoms with van der Waals surface area (Å²) in [6, 6.07) is 0. The largest absolute Gasteiger partial charge is 1.00 e. The van der Waals surface area contributed by atoms with E-state index >= 15 is 0 Å². The van der Waals surface area contributed by atoms with E-state index in [0.29, 0.717) is 4.32 Å². The van der Waals surface area contributed by atoms with Crippen molar-refractivity contribution in [2.45, 2.75) is 0 Å². The third-order valence-corrected chi connectivity index (χ3v) is 1.15. The van der Waals surface area contributed by atoms with Crippen molar-refractivity contribution in [3.05, 3.63) is 0 Å². The Balaban J connectivity index is 0. The van der Waals surface area contributed by atoms with Crippen LogP contribution < -0.4 is 51.4 Å². The molecule has 2 nitrogen and oxygen atoms in total. The predicted molar refractivity (Wildman–Crippen MR) is 34.8 cm³/mol. The Hall–Kier alpha value is 1.71. The quantitative estimate of drug-likeness (QED) is 0.195. The van der Waals surface area contributed by atoms with Crippen LogP contribution in [0.15, 0.2) is 0 Å². The van der Waals surface area contributed by atoms with Crippen molar-refractivity contribution in [2.75, 3.05) is 13.8 Å². The molecular weight excluding hydrogens is 169 g/mol. The van der Waals surface area contributed by atoms with Crippen molar-refractivity contribution in [3.8, 4) is 0 Å². The molecule has 0 saturated carbocycles. The maximum Gasteiger partial charge on any atom is 1.00 e. The molecule has 0 aromatic carbocycles. The molecule has 1 N–H and O–H groups in total. The van der Waals surface area contributed by atoms with Crippen molar-refractivity contribution < 1.29 is 56.5 Å². The summed E-state index contributed by atoms with van der Waals surface area (Å²) in [5.74, 6) is 0. The standard InChI is InChI=1S/C3H7NOS2.K/c1-4(2-5)3(6)7;/h5H,2H2,1H3,(H,6,7);/q;+1/p-1. The molecule has 0 atom stereocenters. The van der Waals surface area contributed by atoms with Crippen LogP contribution in [0.25, 0.3) is 0 Å². The Bertz CT molecular complexity index is 79.7. The molecule has 0 bridgehead atoms. The van der Waals surface area contributed by atoms with Crippen LogP contribution in [-0.2, 0) is 12.6 Å². The number of rotatable bonds is 1. The zero-order chi connectivity index (χ0) is 5.86. The zero-order valence-electron chi connectivity index (χ0n) is 4.92. The van der Waals surface area contributed by atoms with Crippen molar-refractivity contribution in [3.63, 3.8) is 0 Å². The number of thiocarbonyl (C=S) groups is 1. The third kappa shape index (κ3) is 5.84. The van der Waals surface area contributed by atoms with Gasteiger partial charge in [0.1, 0.15) is 6.73 Å². The molecule has 0 unspecified atom stereocenters. The maximum atomic E-state index is 8.28. The molecule has 0 heterocycles. The summed E-state index contributed by atoms with van der Waals surface area (Å²) < 4.78 is 0.294. The van der Waals surface area contributed by atoms with Crippen molar-refractivity contribution in [2.24, 2.45) is 0 Å². The Morgan fingerprint density at radius 3 is 2.25 bits per heavy atom. The fraction of sp³-hybridized carbons (Fsp3) is 0.667. The van der Waals surface area contributed by atoms with E-state index in [4.69, 9.17) is 5.11 Å². The van der Waals surface area contributed by atoms with Crippen LogP contribution in [0.2, 0.25) is 0 Å². The van der Waals surface area contributed by atoms with Crippen LogP contribution in [0, 0.1) is 0 Å². The molecule has 5 heteroatoms.